The summed E-state index contributed by atoms with van der Waals surface area (Å²) in [5.74, 6) is -0.676. The molecule has 1 saturated carbocycles. The maximum absolute atomic E-state index is 12.6. The summed E-state index contributed by atoms with van der Waals surface area (Å²) in [5.41, 5.74) is 1.58. The summed E-state index contributed by atoms with van der Waals surface area (Å²) in [6, 6.07) is 8.41. The number of amides is 2. The fraction of sp³-hybridized carbons (Fsp3) is 0.238. The molecule has 1 aliphatic carbocycles. The van der Waals surface area contributed by atoms with E-state index in [9.17, 15) is 9.59 Å². The molecule has 1 aliphatic rings. The molecular formula is C21H21N7O3. The molecule has 2 aromatic heterocycles. The highest BCUT2D eigenvalue weighted by atomic mass is 16.5. The Balaban J connectivity index is 1.72. The van der Waals surface area contributed by atoms with Crippen LogP contribution in [0.4, 0.5) is 17.2 Å². The molecule has 0 bridgehead atoms. The molecule has 0 radical (unpaired) electrons. The third kappa shape index (κ3) is 4.42. The summed E-state index contributed by atoms with van der Waals surface area (Å²) in [6.45, 7) is -2.72. The molecule has 10 nitrogen and oxygen atoms in total. The van der Waals surface area contributed by atoms with Crippen molar-refractivity contribution in [3.05, 3.63) is 48.5 Å². The fourth-order valence-electron chi connectivity index (χ4n) is 3.00. The summed E-state index contributed by atoms with van der Waals surface area (Å²) in [7, 11) is 1.49. The van der Waals surface area contributed by atoms with Gasteiger partial charge in [0.2, 0.25) is 5.91 Å². The van der Waals surface area contributed by atoms with Crippen molar-refractivity contribution in [2.45, 2.75) is 12.8 Å². The van der Waals surface area contributed by atoms with Crippen LogP contribution in [0.3, 0.4) is 0 Å². The van der Waals surface area contributed by atoms with Crippen LogP contribution in [0.15, 0.2) is 42.9 Å². The molecule has 3 aromatic rings. The molecule has 10 heteroatoms. The number of hydrogen-bond donors (Lipinski definition) is 3. The molecule has 1 aromatic carbocycles. The van der Waals surface area contributed by atoms with E-state index >= 15 is 0 Å². The molecule has 2 heterocycles. The van der Waals surface area contributed by atoms with Gasteiger partial charge in [0, 0.05) is 34.8 Å². The first-order chi connectivity index (χ1) is 16.2. The number of anilines is 3. The van der Waals surface area contributed by atoms with Gasteiger partial charge < -0.3 is 20.7 Å². The molecule has 0 unspecified atom stereocenters. The van der Waals surface area contributed by atoms with Crippen LogP contribution < -0.4 is 20.7 Å². The van der Waals surface area contributed by atoms with Gasteiger partial charge in [0.25, 0.3) is 5.91 Å². The third-order valence-electron chi connectivity index (χ3n) is 4.67. The average molecular weight is 422 g/mol. The summed E-state index contributed by atoms with van der Waals surface area (Å²) in [4.78, 5) is 32.9. The van der Waals surface area contributed by atoms with Crippen molar-refractivity contribution in [2.75, 3.05) is 24.7 Å². The minimum atomic E-state index is -2.72. The van der Waals surface area contributed by atoms with Crippen LogP contribution in [0.2, 0.25) is 0 Å². The van der Waals surface area contributed by atoms with Crippen LogP contribution >= 0.6 is 0 Å². The second-order valence-corrected chi connectivity index (χ2v) is 6.82. The number of carbonyl (C=O) groups excluding carboxylic acids is 2. The highest BCUT2D eigenvalue weighted by Gasteiger charge is 2.30. The number of benzene rings is 1. The molecule has 31 heavy (non-hydrogen) atoms. The second kappa shape index (κ2) is 8.74. The van der Waals surface area contributed by atoms with E-state index in [2.05, 4.69) is 30.8 Å². The molecular weight excluding hydrogens is 398 g/mol. The fourth-order valence-corrected chi connectivity index (χ4v) is 3.00. The van der Waals surface area contributed by atoms with Crippen molar-refractivity contribution in [1.82, 2.24) is 25.5 Å². The van der Waals surface area contributed by atoms with Gasteiger partial charge in [0.05, 0.1) is 24.2 Å². The standard InChI is InChI=1S/C21H21N7O3/c1-22-21(30)18-16(10-17(27-28-18)26-20(29)12-6-7-12)25-15-5-3-4-13(19(15)31-2)14-8-9-23-11-24-14/h3-5,8-12H,6-7H2,1-2H3,(H,22,30)(H2,25,26,27,29)/i1D3. The van der Waals surface area contributed by atoms with E-state index in [1.165, 1.54) is 19.5 Å². The molecule has 4 rings (SSSR count). The number of ether oxygens (including phenoxy) is 1. The molecule has 158 valence electrons. The number of para-hydroxylation sites is 1. The summed E-state index contributed by atoms with van der Waals surface area (Å²) in [6.07, 6.45) is 4.61. The van der Waals surface area contributed by atoms with Gasteiger partial charge in [-0.2, -0.15) is 0 Å². The van der Waals surface area contributed by atoms with Crippen LogP contribution in [-0.4, -0.2) is 46.1 Å². The quantitative estimate of drug-likeness (QED) is 0.529. The summed E-state index contributed by atoms with van der Waals surface area (Å²) in [5, 5.41) is 15.4. The zero-order valence-electron chi connectivity index (χ0n) is 19.5. The van der Waals surface area contributed by atoms with Crippen LogP contribution in [0.25, 0.3) is 11.3 Å². The van der Waals surface area contributed by atoms with E-state index in [1.54, 1.807) is 30.5 Å². The normalized spacial score (nSPS) is 14.5. The first-order valence-corrected chi connectivity index (χ1v) is 9.46. The average Bonchev–Trinajstić information content (AvgIpc) is 3.64. The number of nitrogens with zero attached hydrogens (tertiary/aromatic N) is 4. The molecule has 1 fully saturated rings. The van der Waals surface area contributed by atoms with Gasteiger partial charge in [-0.15, -0.1) is 10.2 Å². The van der Waals surface area contributed by atoms with Crippen LogP contribution in [-0.2, 0) is 4.79 Å². The number of methoxy groups -OCH3 is 1. The second-order valence-electron chi connectivity index (χ2n) is 6.82. The van der Waals surface area contributed by atoms with Gasteiger partial charge in [-0.25, -0.2) is 9.97 Å². The van der Waals surface area contributed by atoms with Crippen molar-refractivity contribution in [3.8, 4) is 17.0 Å². The third-order valence-corrected chi connectivity index (χ3v) is 4.67. The van der Waals surface area contributed by atoms with E-state index in [0.717, 1.165) is 12.8 Å². The number of rotatable bonds is 7. The Labute approximate surface area is 182 Å². The molecule has 0 atom stereocenters. The predicted molar refractivity (Wildman–Crippen MR) is 114 cm³/mol. The SMILES string of the molecule is [2H]C([2H])([2H])NC(=O)c1nnc(NC(=O)C2CC2)cc1Nc1cccc(-c2ccncn2)c1OC. The maximum atomic E-state index is 12.6. The maximum Gasteiger partial charge on any atom is 0.273 e. The zero-order valence-corrected chi connectivity index (χ0v) is 16.5. The van der Waals surface area contributed by atoms with Crippen molar-refractivity contribution >= 4 is 29.0 Å². The number of hydrogen-bond acceptors (Lipinski definition) is 8. The Morgan fingerprint density at radius 2 is 2.06 bits per heavy atom. The lowest BCUT2D eigenvalue weighted by molar-refractivity contribution is -0.117. The zero-order chi connectivity index (χ0) is 24.3. The predicted octanol–water partition coefficient (Wildman–Crippen LogP) is 2.39. The summed E-state index contributed by atoms with van der Waals surface area (Å²) < 4.78 is 27.6. The van der Waals surface area contributed by atoms with Crippen molar-refractivity contribution in [3.63, 3.8) is 0 Å². The van der Waals surface area contributed by atoms with Gasteiger partial charge in [-0.3, -0.25) is 9.59 Å². The minimum Gasteiger partial charge on any atom is -0.494 e. The first-order valence-electron chi connectivity index (χ1n) is 11.0. The Morgan fingerprint density at radius 1 is 1.19 bits per heavy atom. The van der Waals surface area contributed by atoms with Gasteiger partial charge in [-0.1, -0.05) is 6.07 Å². The lowest BCUT2D eigenvalue weighted by atomic mass is 10.1. The number of aromatic nitrogens is 4. The lowest BCUT2D eigenvalue weighted by Crippen LogP contribution is -2.22. The van der Waals surface area contributed by atoms with Crippen molar-refractivity contribution in [1.29, 1.82) is 0 Å². The molecule has 0 aliphatic heterocycles. The lowest BCUT2D eigenvalue weighted by Gasteiger charge is -2.16. The van der Waals surface area contributed by atoms with Crippen molar-refractivity contribution < 1.29 is 18.4 Å². The minimum absolute atomic E-state index is 0.0682. The van der Waals surface area contributed by atoms with Gasteiger partial charge in [-0.05, 0) is 31.0 Å². The number of carbonyl (C=O) groups is 2. The Kier molecular flexibility index (Phi) is 4.70. The monoisotopic (exact) mass is 422 g/mol. The van der Waals surface area contributed by atoms with E-state index < -0.39 is 12.9 Å². The number of nitrogens with one attached hydrogen (secondary N) is 3. The van der Waals surface area contributed by atoms with Crippen LogP contribution in [0.5, 0.6) is 5.75 Å². The van der Waals surface area contributed by atoms with E-state index in [4.69, 9.17) is 8.85 Å². The summed E-state index contributed by atoms with van der Waals surface area (Å²) >= 11 is 0. The van der Waals surface area contributed by atoms with Crippen molar-refractivity contribution in [2.24, 2.45) is 5.92 Å². The largest absolute Gasteiger partial charge is 0.494 e. The van der Waals surface area contributed by atoms with Gasteiger partial charge in [0.1, 0.15) is 6.33 Å². The first kappa shape index (κ1) is 16.7. The topological polar surface area (TPSA) is 131 Å². The van der Waals surface area contributed by atoms with E-state index in [0.29, 0.717) is 22.7 Å². The molecule has 0 saturated heterocycles. The van der Waals surface area contributed by atoms with Gasteiger partial charge in [0.15, 0.2) is 17.3 Å². The Hall–Kier alpha value is -4.08. The highest BCUT2D eigenvalue weighted by Crippen LogP contribution is 2.37. The van der Waals surface area contributed by atoms with Crippen LogP contribution in [0.1, 0.15) is 27.4 Å². The highest BCUT2D eigenvalue weighted by molar-refractivity contribution is 6.00. The molecule has 2 amide bonds. The van der Waals surface area contributed by atoms with Gasteiger partial charge >= 0.3 is 0 Å². The van der Waals surface area contributed by atoms with E-state index in [1.807, 2.05) is 5.32 Å². The molecule has 3 N–H and O–H groups in total. The Bertz CT molecular complexity index is 1220. The van der Waals surface area contributed by atoms with Crippen LogP contribution in [0, 0.1) is 5.92 Å². The van der Waals surface area contributed by atoms with E-state index in [-0.39, 0.29) is 29.0 Å². The molecule has 0 spiro atoms. The smallest absolute Gasteiger partial charge is 0.273 e. The Morgan fingerprint density at radius 3 is 2.77 bits per heavy atom.